The third kappa shape index (κ3) is 4.15. The Bertz CT molecular complexity index is 1070. The number of carbonyl (C=O) groups is 3. The van der Waals surface area contributed by atoms with E-state index >= 15 is 0 Å². The summed E-state index contributed by atoms with van der Waals surface area (Å²) in [6, 6.07) is 15.5. The molecule has 5 atom stereocenters. The lowest BCUT2D eigenvalue weighted by Crippen LogP contribution is -2.48. The summed E-state index contributed by atoms with van der Waals surface area (Å²) in [5, 5.41) is 15.2. The molecule has 0 heterocycles. The summed E-state index contributed by atoms with van der Waals surface area (Å²) in [5.41, 5.74) is 4.61. The fourth-order valence-corrected chi connectivity index (χ4v) is 6.27. The maximum Gasteiger partial charge on any atom is 0.407 e. The first-order valence-corrected chi connectivity index (χ1v) is 12.1. The highest BCUT2D eigenvalue weighted by Gasteiger charge is 2.51. The largest absolute Gasteiger partial charge is 0.481 e. The highest BCUT2D eigenvalue weighted by Crippen LogP contribution is 2.48. The van der Waals surface area contributed by atoms with E-state index in [2.05, 4.69) is 34.9 Å². The number of hydrogen-bond acceptors (Lipinski definition) is 4. The van der Waals surface area contributed by atoms with E-state index < -0.39 is 24.0 Å². The molecule has 2 aromatic carbocycles. The van der Waals surface area contributed by atoms with Gasteiger partial charge in [0.25, 0.3) is 0 Å². The first-order chi connectivity index (χ1) is 16.4. The van der Waals surface area contributed by atoms with E-state index in [0.29, 0.717) is 0 Å². The monoisotopic (exact) mass is 462 g/mol. The molecule has 2 bridgehead atoms. The Balaban J connectivity index is 1.13. The van der Waals surface area contributed by atoms with Crippen LogP contribution >= 0.6 is 0 Å². The molecule has 34 heavy (non-hydrogen) atoms. The minimum Gasteiger partial charge on any atom is -0.481 e. The summed E-state index contributed by atoms with van der Waals surface area (Å²) in [6.45, 7) is 1.96. The Hall–Kier alpha value is -3.35. The standard InChI is InChI=1S/C27H30N2O5/c1-15(12-23(30)29-25-17-11-10-16(13-17)24(25)26(31)32)28-27(33)34-14-22-20-8-4-2-6-18(20)19-7-3-5-9-21(19)22/h2-9,15-17,22,24-25H,10-14H2,1H3,(H,28,33)(H,29,30)(H,31,32)/t15-,16?,17?,24?,25?/m0/s1. The third-order valence-corrected chi connectivity index (χ3v) is 7.73. The minimum atomic E-state index is -0.831. The number of alkyl carbamates (subject to hydrolysis) is 1. The van der Waals surface area contributed by atoms with Gasteiger partial charge in [0.2, 0.25) is 5.91 Å². The lowest BCUT2D eigenvalue weighted by atomic mass is 9.84. The smallest absolute Gasteiger partial charge is 0.407 e. The van der Waals surface area contributed by atoms with E-state index in [0.717, 1.165) is 41.5 Å². The lowest BCUT2D eigenvalue weighted by Gasteiger charge is -2.29. The first-order valence-electron chi connectivity index (χ1n) is 12.1. The number of amides is 2. The fourth-order valence-electron chi connectivity index (χ4n) is 6.27. The first kappa shape index (κ1) is 22.4. The van der Waals surface area contributed by atoms with Gasteiger partial charge in [0.15, 0.2) is 0 Å². The molecule has 2 fully saturated rings. The zero-order valence-corrected chi connectivity index (χ0v) is 19.2. The number of fused-ring (bicyclic) bond motifs is 5. The molecule has 0 saturated heterocycles. The summed E-state index contributed by atoms with van der Waals surface area (Å²) in [7, 11) is 0. The Kier molecular flexibility index (Phi) is 6.02. The Morgan fingerprint density at radius 2 is 1.62 bits per heavy atom. The van der Waals surface area contributed by atoms with Gasteiger partial charge >= 0.3 is 12.1 Å². The second-order valence-electron chi connectivity index (χ2n) is 9.87. The van der Waals surface area contributed by atoms with E-state index in [-0.39, 0.29) is 42.7 Å². The van der Waals surface area contributed by atoms with Crippen LogP contribution in [0.15, 0.2) is 48.5 Å². The summed E-state index contributed by atoms with van der Waals surface area (Å²) in [4.78, 5) is 36.7. The number of ether oxygens (including phenoxy) is 1. The SMILES string of the molecule is C[C@@H](CC(=O)NC1C2CCC(C2)C1C(=O)O)NC(=O)OCC1c2ccccc2-c2ccccc21. The topological polar surface area (TPSA) is 105 Å². The molecular formula is C27H30N2O5. The summed E-state index contributed by atoms with van der Waals surface area (Å²) in [6.07, 6.45) is 2.27. The molecule has 7 heteroatoms. The van der Waals surface area contributed by atoms with Crippen LogP contribution in [-0.4, -0.2) is 41.8 Å². The molecular weight excluding hydrogens is 432 g/mol. The van der Waals surface area contributed by atoms with E-state index in [4.69, 9.17) is 4.74 Å². The number of nitrogens with one attached hydrogen (secondary N) is 2. The fraction of sp³-hybridized carbons (Fsp3) is 0.444. The number of carboxylic acids is 1. The Morgan fingerprint density at radius 1 is 1.00 bits per heavy atom. The van der Waals surface area contributed by atoms with Gasteiger partial charge in [-0.25, -0.2) is 4.79 Å². The number of carbonyl (C=O) groups excluding carboxylic acids is 2. The molecule has 7 nitrogen and oxygen atoms in total. The molecule has 5 rings (SSSR count). The van der Waals surface area contributed by atoms with Crippen molar-refractivity contribution in [3.63, 3.8) is 0 Å². The van der Waals surface area contributed by atoms with Crippen LogP contribution in [0.5, 0.6) is 0 Å². The second-order valence-corrected chi connectivity index (χ2v) is 9.87. The van der Waals surface area contributed by atoms with Crippen molar-refractivity contribution in [1.82, 2.24) is 10.6 Å². The second kappa shape index (κ2) is 9.12. The van der Waals surface area contributed by atoms with Crippen LogP contribution in [0.25, 0.3) is 11.1 Å². The summed E-state index contributed by atoms with van der Waals surface area (Å²) < 4.78 is 5.55. The van der Waals surface area contributed by atoms with Crippen molar-refractivity contribution in [2.24, 2.45) is 17.8 Å². The van der Waals surface area contributed by atoms with Gasteiger partial charge in [-0.3, -0.25) is 9.59 Å². The van der Waals surface area contributed by atoms with Gasteiger partial charge in [-0.05, 0) is 60.3 Å². The van der Waals surface area contributed by atoms with Crippen LogP contribution in [0.1, 0.15) is 49.7 Å². The normalized spacial score (nSPS) is 25.3. The van der Waals surface area contributed by atoms with Crippen LogP contribution in [-0.2, 0) is 14.3 Å². The molecule has 0 spiro atoms. The van der Waals surface area contributed by atoms with Crippen molar-refractivity contribution < 1.29 is 24.2 Å². The van der Waals surface area contributed by atoms with Gasteiger partial charge in [-0.15, -0.1) is 0 Å². The number of hydrogen-bond donors (Lipinski definition) is 3. The maximum atomic E-state index is 12.6. The molecule has 3 N–H and O–H groups in total. The average molecular weight is 463 g/mol. The molecule has 2 aromatic rings. The molecule has 4 unspecified atom stereocenters. The number of rotatable bonds is 7. The van der Waals surface area contributed by atoms with Crippen molar-refractivity contribution in [2.45, 2.75) is 50.6 Å². The van der Waals surface area contributed by atoms with E-state index in [9.17, 15) is 19.5 Å². The van der Waals surface area contributed by atoms with Gasteiger partial charge in [0.05, 0.1) is 5.92 Å². The van der Waals surface area contributed by atoms with E-state index in [1.54, 1.807) is 6.92 Å². The molecule has 0 aliphatic heterocycles. The zero-order chi connectivity index (χ0) is 23.8. The van der Waals surface area contributed by atoms with Crippen molar-refractivity contribution >= 4 is 18.0 Å². The molecule has 178 valence electrons. The highest BCUT2D eigenvalue weighted by atomic mass is 16.5. The minimum absolute atomic E-state index is 0.0255. The van der Waals surface area contributed by atoms with Crippen molar-refractivity contribution in [1.29, 1.82) is 0 Å². The predicted octanol–water partition coefficient (Wildman–Crippen LogP) is 3.92. The summed E-state index contributed by atoms with van der Waals surface area (Å²) in [5.74, 6) is -1.21. The van der Waals surface area contributed by atoms with Crippen molar-refractivity contribution in [3.05, 3.63) is 59.7 Å². The zero-order valence-electron chi connectivity index (χ0n) is 19.2. The van der Waals surface area contributed by atoms with Crippen molar-refractivity contribution in [3.8, 4) is 11.1 Å². The number of carboxylic acid groups (broad SMARTS) is 1. The highest BCUT2D eigenvalue weighted by molar-refractivity contribution is 5.80. The van der Waals surface area contributed by atoms with Crippen LogP contribution in [0.2, 0.25) is 0 Å². The van der Waals surface area contributed by atoms with Crippen LogP contribution < -0.4 is 10.6 Å². The van der Waals surface area contributed by atoms with Gasteiger partial charge in [0.1, 0.15) is 6.61 Å². The Morgan fingerprint density at radius 3 is 2.26 bits per heavy atom. The van der Waals surface area contributed by atoms with Crippen LogP contribution in [0.3, 0.4) is 0 Å². The molecule has 3 aliphatic carbocycles. The van der Waals surface area contributed by atoms with Crippen molar-refractivity contribution in [2.75, 3.05) is 6.61 Å². The average Bonchev–Trinajstić information content (AvgIpc) is 3.49. The van der Waals surface area contributed by atoms with Crippen LogP contribution in [0, 0.1) is 17.8 Å². The molecule has 0 aromatic heterocycles. The van der Waals surface area contributed by atoms with E-state index in [1.807, 2.05) is 24.3 Å². The molecule has 3 aliphatic rings. The van der Waals surface area contributed by atoms with Gasteiger partial charge in [0, 0.05) is 24.4 Å². The van der Waals surface area contributed by atoms with Gasteiger partial charge in [-0.1, -0.05) is 48.5 Å². The number of aliphatic carboxylic acids is 1. The molecule has 2 saturated carbocycles. The third-order valence-electron chi connectivity index (χ3n) is 7.73. The van der Waals surface area contributed by atoms with E-state index in [1.165, 1.54) is 0 Å². The lowest BCUT2D eigenvalue weighted by molar-refractivity contribution is -0.144. The quantitative estimate of drug-likeness (QED) is 0.579. The maximum absolute atomic E-state index is 12.6. The molecule has 2 amide bonds. The number of benzene rings is 2. The van der Waals surface area contributed by atoms with Gasteiger partial charge < -0.3 is 20.5 Å². The van der Waals surface area contributed by atoms with Gasteiger partial charge in [-0.2, -0.15) is 0 Å². The summed E-state index contributed by atoms with van der Waals surface area (Å²) >= 11 is 0. The van der Waals surface area contributed by atoms with Crippen LogP contribution in [0.4, 0.5) is 4.79 Å². The molecule has 0 radical (unpaired) electrons. The predicted molar refractivity (Wildman–Crippen MR) is 126 cm³/mol. The Labute approximate surface area is 198 Å².